The van der Waals surface area contributed by atoms with Crippen LogP contribution < -0.4 is 5.32 Å². The topological polar surface area (TPSA) is 307 Å². The van der Waals surface area contributed by atoms with Crippen LogP contribution in [0.25, 0.3) is 0 Å². The van der Waals surface area contributed by atoms with Crippen molar-refractivity contribution in [2.45, 2.75) is 291 Å². The Bertz CT molecular complexity index is 2270. The van der Waals surface area contributed by atoms with Gasteiger partial charge in [-0.2, -0.15) is 0 Å². The monoisotopic (exact) mass is 1320 g/mol. The van der Waals surface area contributed by atoms with Crippen LogP contribution in [0.1, 0.15) is 187 Å². The van der Waals surface area contributed by atoms with E-state index in [1.54, 1.807) is 6.08 Å². The lowest BCUT2D eigenvalue weighted by atomic mass is 9.96. The summed E-state index contributed by atoms with van der Waals surface area (Å²) in [5.74, 6) is -0.304. The molecule has 17 unspecified atom stereocenters. The number of carbonyl (C=O) groups excluding carboxylic acids is 1. The molecule has 3 heterocycles. The molecule has 17 atom stereocenters. The first-order valence-corrected chi connectivity index (χ1v) is 35.1. The van der Waals surface area contributed by atoms with Crippen molar-refractivity contribution in [2.75, 3.05) is 26.4 Å². The number of amides is 1. The quantitative estimate of drug-likeness (QED) is 0.0199. The van der Waals surface area contributed by atoms with Crippen LogP contribution in [0.15, 0.2) is 146 Å². The van der Waals surface area contributed by atoms with Gasteiger partial charge in [-0.3, -0.25) is 4.79 Å². The van der Waals surface area contributed by atoms with Gasteiger partial charge in [-0.05, 0) is 109 Å². The smallest absolute Gasteiger partial charge is 0.220 e. The number of unbranched alkanes of at least 4 members (excludes halogenated alkanes) is 13. The summed E-state index contributed by atoms with van der Waals surface area (Å²) in [7, 11) is 0. The van der Waals surface area contributed by atoms with E-state index in [1.165, 1.54) is 25.7 Å². The molecule has 0 saturated carbocycles. The predicted octanol–water partition coefficient (Wildman–Crippen LogP) is 9.54. The number of hydrogen-bond donors (Lipinski definition) is 12. The van der Waals surface area contributed by atoms with E-state index in [4.69, 9.17) is 28.4 Å². The van der Waals surface area contributed by atoms with E-state index >= 15 is 0 Å². The molecule has 534 valence electrons. The van der Waals surface area contributed by atoms with Crippen LogP contribution in [-0.4, -0.2) is 193 Å². The number of hydrogen-bond acceptors (Lipinski definition) is 18. The Morgan fingerprint density at radius 3 is 1.19 bits per heavy atom. The average Bonchev–Trinajstić information content (AvgIpc) is 0.788. The van der Waals surface area contributed by atoms with Crippen LogP contribution in [0.2, 0.25) is 0 Å². The fourth-order valence-electron chi connectivity index (χ4n) is 10.7. The SMILES string of the molecule is CC/C=C\C/C=C\C/C=C\C/C=C\C/C=C\C/C=C\C/C=C\C/C=C\C/C=C\C/C=C\CCCCCCCCCCC(=O)NC(COC1OC(CO)C(OC2OC(CO)C(OC3OC(CO)C(O)C(O)C3O)C(O)C2O)C(O)C1O)C(O)/C=C/CC/C=C/CCCCCC. The number of rotatable bonds is 51. The number of nitrogens with one attached hydrogen (secondary N) is 1. The fraction of sp³-hybridized carbons (Fsp3) is 0.667. The van der Waals surface area contributed by atoms with Crippen molar-refractivity contribution in [2.24, 2.45) is 0 Å². The molecule has 3 fully saturated rings. The van der Waals surface area contributed by atoms with Crippen molar-refractivity contribution in [3.05, 3.63) is 146 Å². The van der Waals surface area contributed by atoms with Crippen molar-refractivity contribution in [1.82, 2.24) is 5.32 Å². The molecular formula is C75H121NO18. The second-order valence-electron chi connectivity index (χ2n) is 24.2. The van der Waals surface area contributed by atoms with E-state index in [1.807, 2.05) is 6.08 Å². The molecule has 1 amide bonds. The summed E-state index contributed by atoms with van der Waals surface area (Å²) in [5, 5.41) is 120. The lowest BCUT2D eigenvalue weighted by Gasteiger charge is -2.48. The summed E-state index contributed by atoms with van der Waals surface area (Å²) < 4.78 is 34.2. The van der Waals surface area contributed by atoms with Crippen LogP contribution in [0.4, 0.5) is 0 Å². The minimum absolute atomic E-state index is 0.215. The normalized spacial score (nSPS) is 28.3. The van der Waals surface area contributed by atoms with Crippen LogP contribution in [-0.2, 0) is 33.2 Å². The van der Waals surface area contributed by atoms with E-state index in [0.29, 0.717) is 12.8 Å². The molecule has 3 rings (SSSR count). The number of allylic oxidation sites excluding steroid dienone is 23. The third-order valence-electron chi connectivity index (χ3n) is 16.4. The third kappa shape index (κ3) is 35.8. The van der Waals surface area contributed by atoms with Gasteiger partial charge in [0.1, 0.15) is 73.2 Å². The van der Waals surface area contributed by atoms with Crippen LogP contribution in [0.5, 0.6) is 0 Å². The Labute approximate surface area is 562 Å². The van der Waals surface area contributed by atoms with E-state index in [-0.39, 0.29) is 18.9 Å². The van der Waals surface area contributed by atoms with Crippen LogP contribution >= 0.6 is 0 Å². The fourth-order valence-corrected chi connectivity index (χ4v) is 10.7. The van der Waals surface area contributed by atoms with Crippen molar-refractivity contribution in [3.63, 3.8) is 0 Å². The molecule has 3 aliphatic rings. The highest BCUT2D eigenvalue weighted by Gasteiger charge is 2.53. The third-order valence-corrected chi connectivity index (χ3v) is 16.4. The zero-order valence-corrected chi connectivity index (χ0v) is 56.4. The summed E-state index contributed by atoms with van der Waals surface area (Å²) in [6.45, 7) is 1.51. The molecule has 0 radical (unpaired) electrons. The molecule has 3 aliphatic heterocycles. The van der Waals surface area contributed by atoms with Gasteiger partial charge >= 0.3 is 0 Å². The highest BCUT2D eigenvalue weighted by atomic mass is 16.8. The van der Waals surface area contributed by atoms with Crippen molar-refractivity contribution >= 4 is 5.91 Å². The number of carbonyl (C=O) groups is 1. The largest absolute Gasteiger partial charge is 0.394 e. The molecule has 19 heteroatoms. The average molecular weight is 1320 g/mol. The standard InChI is InChI=1S/C75H121NO18/c1-3-5-7-9-11-13-15-16-17-18-19-20-21-22-23-24-25-26-27-28-29-30-31-32-33-34-35-36-37-38-39-40-41-42-43-45-47-49-51-53-63(81)76-58(59(80)52-50-48-46-44-14-12-10-8-6-4-2)57-89-73-69(87)66(84)71(61(55-78)91-73)94-75-70(88)67(85)72(62(56-79)92-75)93-74-68(86)65(83)64(82)60(54-77)90-74/h5,7,11,13-14,16-17,19-20,22-23,25-26,28-29,31-32,34-35,37-38,44,50,52,58-62,64-75,77-80,82-88H,3-4,6,8-10,12,15,18,21,24,27,30,33,36,39-43,45-49,51,53-57H2,1-2H3,(H,76,81)/b7-5-,13-11-,17-16-,20-19-,23-22-,26-25-,29-28-,32-31-,35-34-,38-37-,44-14+,52-50+. The lowest BCUT2D eigenvalue weighted by Crippen LogP contribution is -2.66. The molecule has 0 aromatic rings. The summed E-state index contributed by atoms with van der Waals surface area (Å²) in [6, 6.07) is -1.00. The van der Waals surface area contributed by atoms with Gasteiger partial charge in [0.15, 0.2) is 18.9 Å². The maximum absolute atomic E-state index is 13.3. The zero-order chi connectivity index (χ0) is 68.2. The van der Waals surface area contributed by atoms with Gasteiger partial charge in [-0.15, -0.1) is 0 Å². The summed E-state index contributed by atoms with van der Waals surface area (Å²) in [5.41, 5.74) is 0. The van der Waals surface area contributed by atoms with Gasteiger partial charge < -0.3 is 89.9 Å². The minimum Gasteiger partial charge on any atom is -0.394 e. The van der Waals surface area contributed by atoms with Crippen molar-refractivity contribution in [1.29, 1.82) is 0 Å². The first kappa shape index (κ1) is 83.9. The second kappa shape index (κ2) is 54.7. The second-order valence-corrected chi connectivity index (χ2v) is 24.2. The van der Waals surface area contributed by atoms with Crippen LogP contribution in [0.3, 0.4) is 0 Å². The molecule has 0 aliphatic carbocycles. The number of ether oxygens (including phenoxy) is 6. The lowest BCUT2D eigenvalue weighted by molar-refractivity contribution is -0.379. The van der Waals surface area contributed by atoms with Gasteiger partial charge in [-0.1, -0.05) is 217 Å². The van der Waals surface area contributed by atoms with Crippen molar-refractivity contribution < 1.29 is 89.4 Å². The highest BCUT2D eigenvalue weighted by Crippen LogP contribution is 2.33. The van der Waals surface area contributed by atoms with Gasteiger partial charge in [0.05, 0.1) is 38.6 Å². The summed E-state index contributed by atoms with van der Waals surface area (Å²) >= 11 is 0. The van der Waals surface area contributed by atoms with E-state index in [2.05, 4.69) is 153 Å². The molecule has 19 nitrogen and oxygen atoms in total. The Morgan fingerprint density at radius 2 is 0.745 bits per heavy atom. The molecule has 94 heavy (non-hydrogen) atoms. The first-order valence-electron chi connectivity index (χ1n) is 35.1. The Morgan fingerprint density at radius 1 is 0.394 bits per heavy atom. The first-order chi connectivity index (χ1) is 45.8. The van der Waals surface area contributed by atoms with E-state index in [0.717, 1.165) is 128 Å². The van der Waals surface area contributed by atoms with Gasteiger partial charge in [-0.25, -0.2) is 0 Å². The molecule has 12 N–H and O–H groups in total. The van der Waals surface area contributed by atoms with Gasteiger partial charge in [0, 0.05) is 6.42 Å². The Kier molecular flexibility index (Phi) is 48.8. The van der Waals surface area contributed by atoms with Crippen molar-refractivity contribution in [3.8, 4) is 0 Å². The molecule has 0 aromatic heterocycles. The molecule has 0 aromatic carbocycles. The van der Waals surface area contributed by atoms with Gasteiger partial charge in [0.25, 0.3) is 0 Å². The summed E-state index contributed by atoms with van der Waals surface area (Å²) in [6.07, 6.45) is 51.4. The minimum atomic E-state index is -1.99. The Balaban J connectivity index is 1.33. The molecule has 0 spiro atoms. The summed E-state index contributed by atoms with van der Waals surface area (Å²) in [4.78, 5) is 13.3. The molecule has 0 bridgehead atoms. The van der Waals surface area contributed by atoms with Gasteiger partial charge in [0.2, 0.25) is 5.91 Å². The maximum atomic E-state index is 13.3. The number of aliphatic hydroxyl groups is 11. The van der Waals surface area contributed by atoms with E-state index < -0.39 is 124 Å². The molecule has 3 saturated heterocycles. The number of aliphatic hydroxyl groups excluding tert-OH is 11. The van der Waals surface area contributed by atoms with E-state index in [9.17, 15) is 61.0 Å². The highest BCUT2D eigenvalue weighted by molar-refractivity contribution is 5.76. The van der Waals surface area contributed by atoms with Crippen LogP contribution in [0, 0.1) is 0 Å². The maximum Gasteiger partial charge on any atom is 0.220 e. The Hall–Kier alpha value is -4.33. The predicted molar refractivity (Wildman–Crippen MR) is 369 cm³/mol. The molecular weight excluding hydrogens is 1200 g/mol. The zero-order valence-electron chi connectivity index (χ0n) is 56.4.